The standard InChI is InChI=1S/C14H19ClO9/c1-6(16)20-5-10-11(21-7(2)17)12(22-8(3)18)13(14(15)24-10)23-9(4)19/h10-14H,5H2,1-4H3/t10-,11+,12+,13-,14?/m1/s1. The molecular formula is C14H19ClO9. The highest BCUT2D eigenvalue weighted by molar-refractivity contribution is 6.20. The summed E-state index contributed by atoms with van der Waals surface area (Å²) < 4.78 is 25.6. The zero-order valence-electron chi connectivity index (χ0n) is 13.6. The Balaban J connectivity index is 3.11. The Morgan fingerprint density at radius 2 is 1.25 bits per heavy atom. The summed E-state index contributed by atoms with van der Waals surface area (Å²) in [5.41, 5.74) is -1.20. The van der Waals surface area contributed by atoms with Gasteiger partial charge in [-0.3, -0.25) is 19.2 Å². The molecule has 1 rings (SSSR count). The molecule has 1 aliphatic heterocycles. The van der Waals surface area contributed by atoms with Gasteiger partial charge in [-0.1, -0.05) is 11.6 Å². The van der Waals surface area contributed by atoms with Gasteiger partial charge in [0.2, 0.25) is 0 Å². The van der Waals surface area contributed by atoms with Crippen LogP contribution in [0.3, 0.4) is 0 Å². The molecule has 1 saturated heterocycles. The largest absolute Gasteiger partial charge is 0.463 e. The normalized spacial score (nSPS) is 29.3. The van der Waals surface area contributed by atoms with E-state index in [-0.39, 0.29) is 6.61 Å². The molecule has 0 N–H and O–H groups in total. The maximum absolute atomic E-state index is 11.4. The van der Waals surface area contributed by atoms with Gasteiger partial charge >= 0.3 is 23.9 Å². The van der Waals surface area contributed by atoms with E-state index in [1.54, 1.807) is 0 Å². The van der Waals surface area contributed by atoms with Crippen LogP contribution in [-0.2, 0) is 42.9 Å². The fourth-order valence-corrected chi connectivity index (χ4v) is 2.50. The van der Waals surface area contributed by atoms with E-state index in [2.05, 4.69) is 0 Å². The molecule has 0 amide bonds. The lowest BCUT2D eigenvalue weighted by Crippen LogP contribution is -2.61. The van der Waals surface area contributed by atoms with Crippen LogP contribution in [0.15, 0.2) is 0 Å². The second-order valence-corrected chi connectivity index (χ2v) is 5.48. The molecule has 0 aromatic rings. The Labute approximate surface area is 143 Å². The highest BCUT2D eigenvalue weighted by atomic mass is 35.5. The average molecular weight is 367 g/mol. The van der Waals surface area contributed by atoms with Crippen LogP contribution in [0.1, 0.15) is 27.7 Å². The molecule has 24 heavy (non-hydrogen) atoms. The molecule has 1 heterocycles. The number of hydrogen-bond donors (Lipinski definition) is 0. The number of ether oxygens (including phenoxy) is 5. The molecule has 0 aromatic carbocycles. The van der Waals surface area contributed by atoms with Crippen molar-refractivity contribution in [2.45, 2.75) is 57.7 Å². The van der Waals surface area contributed by atoms with Gasteiger partial charge in [0.1, 0.15) is 12.7 Å². The van der Waals surface area contributed by atoms with E-state index in [0.717, 1.165) is 20.8 Å². The molecule has 1 aliphatic rings. The number of carbonyl (C=O) groups is 4. The molecule has 10 heteroatoms. The fourth-order valence-electron chi connectivity index (χ4n) is 2.18. The van der Waals surface area contributed by atoms with E-state index >= 15 is 0 Å². The third-order valence-corrected chi connectivity index (χ3v) is 3.29. The zero-order chi connectivity index (χ0) is 18.4. The minimum Gasteiger partial charge on any atom is -0.463 e. The summed E-state index contributed by atoms with van der Waals surface area (Å²) >= 11 is 6.05. The predicted molar refractivity (Wildman–Crippen MR) is 77.8 cm³/mol. The molecule has 1 unspecified atom stereocenters. The lowest BCUT2D eigenvalue weighted by Gasteiger charge is -2.42. The van der Waals surface area contributed by atoms with Crippen molar-refractivity contribution < 1.29 is 42.9 Å². The predicted octanol–water partition coefficient (Wildman–Crippen LogP) is 0.308. The molecule has 9 nitrogen and oxygen atoms in total. The van der Waals surface area contributed by atoms with Crippen molar-refractivity contribution >= 4 is 35.5 Å². The van der Waals surface area contributed by atoms with Crippen molar-refractivity contribution in [1.82, 2.24) is 0 Å². The zero-order valence-corrected chi connectivity index (χ0v) is 14.4. The Bertz CT molecular complexity index is 506. The topological polar surface area (TPSA) is 114 Å². The summed E-state index contributed by atoms with van der Waals surface area (Å²) in [6.45, 7) is 4.31. The number of alkyl halides is 1. The summed E-state index contributed by atoms with van der Waals surface area (Å²) in [6, 6.07) is 0. The minimum absolute atomic E-state index is 0.291. The summed E-state index contributed by atoms with van der Waals surface area (Å²) in [4.78, 5) is 45.0. The second kappa shape index (κ2) is 8.84. The lowest BCUT2D eigenvalue weighted by atomic mass is 9.99. The Morgan fingerprint density at radius 1 is 0.792 bits per heavy atom. The minimum atomic E-state index is -1.22. The fraction of sp³-hybridized carbons (Fsp3) is 0.714. The van der Waals surface area contributed by atoms with Crippen LogP contribution in [0.4, 0.5) is 0 Å². The molecular weight excluding hydrogens is 348 g/mol. The summed E-state index contributed by atoms with van der Waals surface area (Å²) in [7, 11) is 0. The van der Waals surface area contributed by atoms with Crippen molar-refractivity contribution in [2.75, 3.05) is 6.61 Å². The number of esters is 4. The highest BCUT2D eigenvalue weighted by Crippen LogP contribution is 2.30. The molecule has 5 atom stereocenters. The van der Waals surface area contributed by atoms with Crippen LogP contribution >= 0.6 is 11.6 Å². The molecule has 1 fully saturated rings. The first-order chi connectivity index (χ1) is 11.1. The van der Waals surface area contributed by atoms with Gasteiger partial charge in [-0.05, 0) is 0 Å². The number of hydrogen-bond acceptors (Lipinski definition) is 9. The highest BCUT2D eigenvalue weighted by Gasteiger charge is 2.51. The van der Waals surface area contributed by atoms with Crippen molar-refractivity contribution in [1.29, 1.82) is 0 Å². The third kappa shape index (κ3) is 5.97. The first-order valence-electron chi connectivity index (χ1n) is 7.06. The van der Waals surface area contributed by atoms with Gasteiger partial charge < -0.3 is 23.7 Å². The number of rotatable bonds is 5. The van der Waals surface area contributed by atoms with Crippen LogP contribution in [0.5, 0.6) is 0 Å². The van der Waals surface area contributed by atoms with Crippen LogP contribution in [0.2, 0.25) is 0 Å². The van der Waals surface area contributed by atoms with Crippen molar-refractivity contribution in [3.8, 4) is 0 Å². The number of carbonyl (C=O) groups excluding carboxylic acids is 4. The summed E-state index contributed by atoms with van der Waals surface area (Å²) in [6.07, 6.45) is -4.60. The summed E-state index contributed by atoms with van der Waals surface area (Å²) in [5.74, 6) is -2.67. The van der Waals surface area contributed by atoms with Gasteiger partial charge in [-0.2, -0.15) is 0 Å². The maximum Gasteiger partial charge on any atom is 0.303 e. The molecule has 0 saturated carbocycles. The van der Waals surface area contributed by atoms with E-state index in [9.17, 15) is 19.2 Å². The molecule has 0 aromatic heterocycles. The average Bonchev–Trinajstić information content (AvgIpc) is 2.42. The Morgan fingerprint density at radius 3 is 1.71 bits per heavy atom. The Hall–Kier alpha value is -1.87. The van der Waals surface area contributed by atoms with E-state index < -0.39 is 53.9 Å². The van der Waals surface area contributed by atoms with Gasteiger partial charge in [0.25, 0.3) is 0 Å². The van der Waals surface area contributed by atoms with Crippen molar-refractivity contribution in [2.24, 2.45) is 0 Å². The molecule has 0 bridgehead atoms. The van der Waals surface area contributed by atoms with E-state index in [4.69, 9.17) is 35.3 Å². The second-order valence-electron chi connectivity index (χ2n) is 5.05. The van der Waals surface area contributed by atoms with Crippen molar-refractivity contribution in [3.05, 3.63) is 0 Å². The van der Waals surface area contributed by atoms with Gasteiger partial charge in [0.05, 0.1) is 0 Å². The number of halogens is 1. The molecule has 0 spiro atoms. The first kappa shape index (κ1) is 20.2. The van der Waals surface area contributed by atoms with Gasteiger partial charge in [-0.25, -0.2) is 0 Å². The SMILES string of the molecule is CC(=O)OC[C@H]1OC(Cl)[C@H](OC(C)=O)[C@@H](OC(C)=O)[C@H]1OC(C)=O. The van der Waals surface area contributed by atoms with E-state index in [1.807, 2.05) is 0 Å². The third-order valence-electron chi connectivity index (χ3n) is 2.93. The van der Waals surface area contributed by atoms with Crippen LogP contribution in [-0.4, -0.2) is 60.5 Å². The lowest BCUT2D eigenvalue weighted by molar-refractivity contribution is -0.238. The molecule has 136 valence electrons. The van der Waals surface area contributed by atoms with Crippen molar-refractivity contribution in [3.63, 3.8) is 0 Å². The quantitative estimate of drug-likeness (QED) is 0.385. The van der Waals surface area contributed by atoms with Crippen LogP contribution < -0.4 is 0 Å². The smallest absolute Gasteiger partial charge is 0.303 e. The van der Waals surface area contributed by atoms with Gasteiger partial charge in [0.15, 0.2) is 23.9 Å². The van der Waals surface area contributed by atoms with Crippen LogP contribution in [0.25, 0.3) is 0 Å². The summed E-state index contributed by atoms with van der Waals surface area (Å²) in [5, 5.41) is 0. The maximum atomic E-state index is 11.4. The van der Waals surface area contributed by atoms with Gasteiger partial charge in [0, 0.05) is 27.7 Å². The molecule has 0 radical (unpaired) electrons. The first-order valence-corrected chi connectivity index (χ1v) is 7.50. The Kier molecular flexibility index (Phi) is 7.43. The van der Waals surface area contributed by atoms with Crippen LogP contribution in [0, 0.1) is 0 Å². The van der Waals surface area contributed by atoms with Gasteiger partial charge in [-0.15, -0.1) is 0 Å². The monoisotopic (exact) mass is 366 g/mol. The van der Waals surface area contributed by atoms with E-state index in [0.29, 0.717) is 0 Å². The van der Waals surface area contributed by atoms with E-state index in [1.165, 1.54) is 6.92 Å². The molecule has 0 aliphatic carbocycles.